The quantitative estimate of drug-likeness (QED) is 0.571. The van der Waals surface area contributed by atoms with Crippen LogP contribution in [-0.2, 0) is 4.79 Å². The second-order valence-electron chi connectivity index (χ2n) is 3.04. The number of nitrogens with two attached hydrogens (primary N) is 1. The van der Waals surface area contributed by atoms with E-state index >= 15 is 0 Å². The number of carbonyl (C=O) groups is 1. The molecule has 4 nitrogen and oxygen atoms in total. The van der Waals surface area contributed by atoms with Gasteiger partial charge in [0.1, 0.15) is 6.10 Å². The van der Waals surface area contributed by atoms with Gasteiger partial charge in [0.2, 0.25) is 5.91 Å². The van der Waals surface area contributed by atoms with Crippen LogP contribution in [0.2, 0.25) is 0 Å². The van der Waals surface area contributed by atoms with Crippen molar-refractivity contribution in [1.29, 1.82) is 0 Å². The highest BCUT2D eigenvalue weighted by molar-refractivity contribution is 5.81. The highest BCUT2D eigenvalue weighted by Crippen LogP contribution is 1.99. The van der Waals surface area contributed by atoms with E-state index in [-0.39, 0.29) is 0 Å². The largest absolute Gasteiger partial charge is 0.385 e. The van der Waals surface area contributed by atoms with Gasteiger partial charge >= 0.3 is 0 Å². The number of alkyl halides is 2. The Hall–Kier alpha value is -0.750. The van der Waals surface area contributed by atoms with Crippen LogP contribution in [0.3, 0.4) is 0 Å². The first-order valence-electron chi connectivity index (χ1n) is 4.48. The molecule has 0 aliphatic heterocycles. The Kier molecular flexibility index (Phi) is 6.31. The average Bonchev–Trinajstić information content (AvgIpc) is 2.13. The Labute approximate surface area is 81.5 Å². The lowest BCUT2D eigenvalue weighted by Gasteiger charge is -2.13. The van der Waals surface area contributed by atoms with Crippen molar-refractivity contribution in [2.45, 2.75) is 38.3 Å². The summed E-state index contributed by atoms with van der Waals surface area (Å²) in [6, 6.07) is -0.690. The summed E-state index contributed by atoms with van der Waals surface area (Å²) >= 11 is 0. The van der Waals surface area contributed by atoms with Gasteiger partial charge in [-0.05, 0) is 6.42 Å². The first-order valence-corrected chi connectivity index (χ1v) is 4.48. The van der Waals surface area contributed by atoms with Crippen molar-refractivity contribution in [3.63, 3.8) is 0 Å². The summed E-state index contributed by atoms with van der Waals surface area (Å²) in [6.07, 6.45) is -3.44. The van der Waals surface area contributed by atoms with Crippen molar-refractivity contribution in [3.05, 3.63) is 0 Å². The molecule has 1 amide bonds. The molecular weight excluding hydrogens is 194 g/mol. The lowest BCUT2D eigenvalue weighted by molar-refractivity contribution is -0.123. The van der Waals surface area contributed by atoms with E-state index in [0.29, 0.717) is 6.42 Å². The molecule has 0 saturated heterocycles. The third-order valence-corrected chi connectivity index (χ3v) is 1.71. The maximum Gasteiger partial charge on any atom is 0.265 e. The van der Waals surface area contributed by atoms with Crippen LogP contribution in [0.1, 0.15) is 19.8 Å². The number of halogens is 2. The number of nitrogens with one attached hydrogen (secondary N) is 1. The van der Waals surface area contributed by atoms with E-state index in [4.69, 9.17) is 10.8 Å². The van der Waals surface area contributed by atoms with E-state index in [9.17, 15) is 13.6 Å². The van der Waals surface area contributed by atoms with Gasteiger partial charge in [0.25, 0.3) is 6.43 Å². The summed E-state index contributed by atoms with van der Waals surface area (Å²) in [4.78, 5) is 11.1. The molecule has 6 heteroatoms. The van der Waals surface area contributed by atoms with Crippen LogP contribution >= 0.6 is 0 Å². The van der Waals surface area contributed by atoms with Crippen LogP contribution in [0.15, 0.2) is 0 Å². The molecule has 4 N–H and O–H groups in total. The van der Waals surface area contributed by atoms with Crippen LogP contribution in [0.25, 0.3) is 0 Å². The molecule has 0 aliphatic carbocycles. The Morgan fingerprint density at radius 3 is 2.57 bits per heavy atom. The van der Waals surface area contributed by atoms with Crippen LogP contribution in [-0.4, -0.2) is 36.1 Å². The SMILES string of the molecule is CCC[C@H](N)C(=O)NCC(O)C(F)F. The van der Waals surface area contributed by atoms with Gasteiger partial charge < -0.3 is 16.2 Å². The summed E-state index contributed by atoms with van der Waals surface area (Å²) in [6.45, 7) is 1.40. The molecule has 0 aromatic carbocycles. The topological polar surface area (TPSA) is 75.4 Å². The third-order valence-electron chi connectivity index (χ3n) is 1.71. The predicted molar refractivity (Wildman–Crippen MR) is 47.9 cm³/mol. The van der Waals surface area contributed by atoms with Crippen molar-refractivity contribution in [1.82, 2.24) is 5.32 Å². The average molecular weight is 210 g/mol. The zero-order chi connectivity index (χ0) is 11.1. The lowest BCUT2D eigenvalue weighted by atomic mass is 10.1. The molecular formula is C8H16F2N2O2. The summed E-state index contributed by atoms with van der Waals surface area (Å²) in [5.74, 6) is -0.508. The van der Waals surface area contributed by atoms with Crippen molar-refractivity contribution < 1.29 is 18.7 Å². The molecule has 0 heterocycles. The molecule has 0 rings (SSSR count). The highest BCUT2D eigenvalue weighted by atomic mass is 19.3. The predicted octanol–water partition coefficient (Wildman–Crippen LogP) is -0.144. The number of amides is 1. The fraction of sp³-hybridized carbons (Fsp3) is 0.875. The fourth-order valence-electron chi connectivity index (χ4n) is 0.867. The Bertz CT molecular complexity index is 179. The van der Waals surface area contributed by atoms with E-state index in [1.807, 2.05) is 6.92 Å². The minimum Gasteiger partial charge on any atom is -0.385 e. The zero-order valence-corrected chi connectivity index (χ0v) is 8.04. The molecule has 0 saturated carbocycles. The fourth-order valence-corrected chi connectivity index (χ4v) is 0.867. The van der Waals surface area contributed by atoms with E-state index in [1.54, 1.807) is 0 Å². The first-order chi connectivity index (χ1) is 6.49. The van der Waals surface area contributed by atoms with Gasteiger partial charge in [0.05, 0.1) is 6.04 Å². The Morgan fingerprint density at radius 1 is 1.57 bits per heavy atom. The first kappa shape index (κ1) is 13.2. The van der Waals surface area contributed by atoms with Crippen molar-refractivity contribution in [2.24, 2.45) is 5.73 Å². The van der Waals surface area contributed by atoms with Gasteiger partial charge in [0.15, 0.2) is 0 Å². The number of hydrogen-bond donors (Lipinski definition) is 3. The molecule has 0 fully saturated rings. The minimum atomic E-state index is -2.85. The van der Waals surface area contributed by atoms with Gasteiger partial charge in [-0.2, -0.15) is 0 Å². The summed E-state index contributed by atoms with van der Waals surface area (Å²) in [7, 11) is 0. The van der Waals surface area contributed by atoms with E-state index < -0.39 is 31.0 Å². The molecule has 0 aliphatic rings. The number of rotatable bonds is 6. The van der Waals surface area contributed by atoms with Gasteiger partial charge in [-0.25, -0.2) is 8.78 Å². The van der Waals surface area contributed by atoms with Gasteiger partial charge in [-0.3, -0.25) is 4.79 Å². The molecule has 14 heavy (non-hydrogen) atoms. The van der Waals surface area contributed by atoms with Crippen LogP contribution in [0, 0.1) is 0 Å². The van der Waals surface area contributed by atoms with Gasteiger partial charge in [-0.1, -0.05) is 13.3 Å². The van der Waals surface area contributed by atoms with E-state index in [0.717, 1.165) is 6.42 Å². The maximum atomic E-state index is 11.8. The molecule has 84 valence electrons. The summed E-state index contributed by atoms with van der Waals surface area (Å²) in [5.41, 5.74) is 5.41. The Morgan fingerprint density at radius 2 is 2.14 bits per heavy atom. The molecule has 0 spiro atoms. The summed E-state index contributed by atoms with van der Waals surface area (Å²) < 4.78 is 23.6. The van der Waals surface area contributed by atoms with E-state index in [2.05, 4.69) is 5.32 Å². The maximum absolute atomic E-state index is 11.8. The normalized spacial score (nSPS) is 15.3. The number of aliphatic hydroxyl groups excluding tert-OH is 1. The molecule has 0 aromatic heterocycles. The second-order valence-corrected chi connectivity index (χ2v) is 3.04. The zero-order valence-electron chi connectivity index (χ0n) is 8.04. The highest BCUT2D eigenvalue weighted by Gasteiger charge is 2.19. The number of hydrogen-bond acceptors (Lipinski definition) is 3. The molecule has 0 bridgehead atoms. The molecule has 0 radical (unpaired) electrons. The van der Waals surface area contributed by atoms with Crippen molar-refractivity contribution in [3.8, 4) is 0 Å². The standard InChI is InChI=1S/C8H16F2N2O2/c1-2-3-5(11)8(14)12-4-6(13)7(9)10/h5-7,13H,2-4,11H2,1H3,(H,12,14)/t5-,6?/m0/s1. The van der Waals surface area contributed by atoms with Crippen LogP contribution < -0.4 is 11.1 Å². The number of aliphatic hydroxyl groups is 1. The molecule has 1 unspecified atom stereocenters. The minimum absolute atomic E-state index is 0.464. The molecule has 0 aromatic rings. The van der Waals surface area contributed by atoms with Crippen molar-refractivity contribution in [2.75, 3.05) is 6.54 Å². The van der Waals surface area contributed by atoms with Crippen LogP contribution in [0.5, 0.6) is 0 Å². The van der Waals surface area contributed by atoms with Gasteiger partial charge in [0, 0.05) is 6.54 Å². The second kappa shape index (κ2) is 6.67. The smallest absolute Gasteiger partial charge is 0.265 e. The van der Waals surface area contributed by atoms with Gasteiger partial charge in [-0.15, -0.1) is 0 Å². The third kappa shape index (κ3) is 5.08. The monoisotopic (exact) mass is 210 g/mol. The summed E-state index contributed by atoms with van der Waals surface area (Å²) in [5, 5.41) is 10.8. The van der Waals surface area contributed by atoms with Crippen LogP contribution in [0.4, 0.5) is 8.78 Å². The van der Waals surface area contributed by atoms with Crippen molar-refractivity contribution >= 4 is 5.91 Å². The number of carbonyl (C=O) groups excluding carboxylic acids is 1. The Balaban J connectivity index is 3.73. The lowest BCUT2D eigenvalue weighted by Crippen LogP contribution is -2.44. The van der Waals surface area contributed by atoms with E-state index in [1.165, 1.54) is 0 Å². The molecule has 2 atom stereocenters.